The van der Waals surface area contributed by atoms with Gasteiger partial charge in [-0.3, -0.25) is 4.79 Å². The first kappa shape index (κ1) is 5.18. The number of ketones is 1. The summed E-state index contributed by atoms with van der Waals surface area (Å²) in [6, 6.07) is 0. The van der Waals surface area contributed by atoms with E-state index in [2.05, 4.69) is 0 Å². The number of carbonyl (C=O) groups excluding carboxylic acids is 1. The molecule has 0 radical (unpaired) electrons. The Morgan fingerprint density at radius 1 is 1.33 bits per heavy atom. The minimum atomic E-state index is 0.108. The van der Waals surface area contributed by atoms with Gasteiger partial charge in [-0.1, -0.05) is 12.2 Å². The highest BCUT2D eigenvalue weighted by molar-refractivity contribution is 5.81. The summed E-state index contributed by atoms with van der Waals surface area (Å²) in [5.41, 5.74) is 0. The third-order valence-electron chi connectivity index (χ3n) is 1.75. The first-order valence-corrected chi connectivity index (χ1v) is 3.20. The van der Waals surface area contributed by atoms with Crippen LogP contribution in [0.2, 0.25) is 0 Å². The van der Waals surface area contributed by atoms with Crippen molar-refractivity contribution in [3.8, 4) is 0 Å². The smallest absolute Gasteiger partial charge is 0.138 e. The van der Waals surface area contributed by atoms with Crippen LogP contribution >= 0.6 is 0 Å². The summed E-state index contributed by atoms with van der Waals surface area (Å²) in [6.07, 6.45) is 5.36. The maximum Gasteiger partial charge on any atom is 0.138 e. The van der Waals surface area contributed by atoms with Crippen LogP contribution in [0.4, 0.5) is 0 Å². The Morgan fingerprint density at radius 2 is 1.89 bits per heavy atom. The second-order valence-electron chi connectivity index (χ2n) is 2.54. The van der Waals surface area contributed by atoms with E-state index in [0.29, 0.717) is 18.6 Å². The van der Waals surface area contributed by atoms with Gasteiger partial charge in [0.25, 0.3) is 0 Å². The SMILES string of the molecule is O=C1CC2C=CC(C1)O2. The minimum absolute atomic E-state index is 0.108. The Kier molecular flexibility index (Phi) is 0.963. The Bertz CT molecular complexity index is 156. The molecule has 2 aliphatic heterocycles. The fourth-order valence-electron chi connectivity index (χ4n) is 1.33. The predicted octanol–water partition coefficient (Wildman–Crippen LogP) is 0.673. The normalized spacial score (nSPS) is 39.8. The van der Waals surface area contributed by atoms with Crippen molar-refractivity contribution in [3.05, 3.63) is 12.2 Å². The van der Waals surface area contributed by atoms with Crippen LogP contribution in [0.25, 0.3) is 0 Å². The lowest BCUT2D eigenvalue weighted by Crippen LogP contribution is -2.25. The van der Waals surface area contributed by atoms with Gasteiger partial charge in [-0.05, 0) is 0 Å². The van der Waals surface area contributed by atoms with Crippen LogP contribution in [0.1, 0.15) is 12.8 Å². The van der Waals surface area contributed by atoms with Crippen LogP contribution < -0.4 is 0 Å². The zero-order valence-corrected chi connectivity index (χ0v) is 5.04. The van der Waals surface area contributed by atoms with Gasteiger partial charge >= 0.3 is 0 Å². The van der Waals surface area contributed by atoms with Gasteiger partial charge in [0, 0.05) is 12.8 Å². The lowest BCUT2D eigenvalue weighted by atomic mass is 10.1. The van der Waals surface area contributed by atoms with Gasteiger partial charge in [0.05, 0.1) is 12.2 Å². The highest BCUT2D eigenvalue weighted by Gasteiger charge is 2.28. The van der Waals surface area contributed by atoms with Gasteiger partial charge in [0.2, 0.25) is 0 Å². The highest BCUT2D eigenvalue weighted by atomic mass is 16.5. The molecule has 2 atom stereocenters. The monoisotopic (exact) mass is 124 g/mol. The van der Waals surface area contributed by atoms with Crippen LogP contribution in [0.5, 0.6) is 0 Å². The fraction of sp³-hybridized carbons (Fsp3) is 0.571. The molecule has 1 saturated heterocycles. The third-order valence-corrected chi connectivity index (χ3v) is 1.75. The van der Waals surface area contributed by atoms with Gasteiger partial charge in [-0.15, -0.1) is 0 Å². The molecule has 2 aliphatic rings. The van der Waals surface area contributed by atoms with Crippen molar-refractivity contribution in [2.24, 2.45) is 0 Å². The van der Waals surface area contributed by atoms with Gasteiger partial charge in [-0.25, -0.2) is 0 Å². The van der Waals surface area contributed by atoms with Crippen LogP contribution in [0, 0.1) is 0 Å². The van der Waals surface area contributed by atoms with Crippen molar-refractivity contribution in [1.82, 2.24) is 0 Å². The Morgan fingerprint density at radius 3 is 2.44 bits per heavy atom. The van der Waals surface area contributed by atoms with Crippen molar-refractivity contribution in [1.29, 1.82) is 0 Å². The molecule has 0 aliphatic carbocycles. The van der Waals surface area contributed by atoms with Crippen LogP contribution in [-0.2, 0) is 9.53 Å². The first-order chi connectivity index (χ1) is 4.34. The number of hydrogen-bond acceptors (Lipinski definition) is 2. The summed E-state index contributed by atoms with van der Waals surface area (Å²) in [4.78, 5) is 10.8. The molecule has 2 unspecified atom stereocenters. The Balaban J connectivity index is 2.18. The second kappa shape index (κ2) is 1.67. The summed E-state index contributed by atoms with van der Waals surface area (Å²) in [6.45, 7) is 0. The maximum absolute atomic E-state index is 10.8. The standard InChI is InChI=1S/C7H8O2/c8-5-3-6-1-2-7(4-5)9-6/h1-2,6-7H,3-4H2. The van der Waals surface area contributed by atoms with Gasteiger partial charge in [-0.2, -0.15) is 0 Å². The molecule has 0 aromatic carbocycles. The predicted molar refractivity (Wildman–Crippen MR) is 32.0 cm³/mol. The van der Waals surface area contributed by atoms with Gasteiger partial charge in [0.15, 0.2) is 0 Å². The lowest BCUT2D eigenvalue weighted by Gasteiger charge is -2.18. The third kappa shape index (κ3) is 0.793. The fourth-order valence-corrected chi connectivity index (χ4v) is 1.33. The van der Waals surface area contributed by atoms with E-state index in [1.54, 1.807) is 0 Å². The molecule has 2 heteroatoms. The van der Waals surface area contributed by atoms with E-state index in [0.717, 1.165) is 0 Å². The number of hydrogen-bond donors (Lipinski definition) is 0. The molecule has 9 heavy (non-hydrogen) atoms. The van der Waals surface area contributed by atoms with Crippen molar-refractivity contribution in [2.75, 3.05) is 0 Å². The summed E-state index contributed by atoms with van der Waals surface area (Å²) in [7, 11) is 0. The molecule has 0 saturated carbocycles. The molecule has 2 heterocycles. The van der Waals surface area contributed by atoms with E-state index in [4.69, 9.17) is 4.74 Å². The number of carbonyl (C=O) groups is 1. The molecular formula is C7H8O2. The zero-order valence-electron chi connectivity index (χ0n) is 5.04. The van der Waals surface area contributed by atoms with Crippen LogP contribution in [0.3, 0.4) is 0 Å². The minimum Gasteiger partial charge on any atom is -0.366 e. The average Bonchev–Trinajstić information content (AvgIpc) is 2.11. The quantitative estimate of drug-likeness (QED) is 0.444. The van der Waals surface area contributed by atoms with Crippen molar-refractivity contribution >= 4 is 5.78 Å². The first-order valence-electron chi connectivity index (χ1n) is 3.20. The average molecular weight is 124 g/mol. The molecule has 2 bridgehead atoms. The molecule has 2 nitrogen and oxygen atoms in total. The Labute approximate surface area is 53.5 Å². The van der Waals surface area contributed by atoms with Crippen molar-refractivity contribution < 1.29 is 9.53 Å². The molecule has 0 spiro atoms. The zero-order chi connectivity index (χ0) is 6.27. The summed E-state index contributed by atoms with van der Waals surface area (Å²) in [5.74, 6) is 0.334. The maximum atomic E-state index is 10.8. The second-order valence-corrected chi connectivity index (χ2v) is 2.54. The van der Waals surface area contributed by atoms with E-state index < -0.39 is 0 Å². The van der Waals surface area contributed by atoms with Crippen LogP contribution in [-0.4, -0.2) is 18.0 Å². The highest BCUT2D eigenvalue weighted by Crippen LogP contribution is 2.23. The molecule has 0 N–H and O–H groups in total. The topological polar surface area (TPSA) is 26.3 Å². The number of rotatable bonds is 0. The van der Waals surface area contributed by atoms with E-state index in [-0.39, 0.29) is 12.2 Å². The number of fused-ring (bicyclic) bond motifs is 2. The van der Waals surface area contributed by atoms with Crippen molar-refractivity contribution in [3.63, 3.8) is 0 Å². The molecule has 0 aromatic heterocycles. The van der Waals surface area contributed by atoms with E-state index in [9.17, 15) is 4.79 Å². The van der Waals surface area contributed by atoms with Crippen molar-refractivity contribution in [2.45, 2.75) is 25.0 Å². The Hall–Kier alpha value is -0.630. The number of ether oxygens (including phenoxy) is 1. The molecule has 1 fully saturated rings. The van der Waals surface area contributed by atoms with E-state index in [1.807, 2.05) is 12.2 Å². The van der Waals surface area contributed by atoms with Gasteiger partial charge in [0.1, 0.15) is 5.78 Å². The molecule has 2 rings (SSSR count). The van der Waals surface area contributed by atoms with E-state index in [1.165, 1.54) is 0 Å². The molecule has 0 amide bonds. The summed E-state index contributed by atoms with van der Waals surface area (Å²) in [5, 5.41) is 0. The van der Waals surface area contributed by atoms with Crippen LogP contribution in [0.15, 0.2) is 12.2 Å². The lowest BCUT2D eigenvalue weighted by molar-refractivity contribution is -0.128. The molecule has 0 aromatic rings. The summed E-state index contributed by atoms with van der Waals surface area (Å²) >= 11 is 0. The van der Waals surface area contributed by atoms with E-state index >= 15 is 0 Å². The van der Waals surface area contributed by atoms with Gasteiger partial charge < -0.3 is 4.74 Å². The summed E-state index contributed by atoms with van der Waals surface area (Å²) < 4.78 is 5.34. The molecule has 48 valence electrons. The largest absolute Gasteiger partial charge is 0.366 e. The number of Topliss-reactive ketones (excluding diaryl/α,β-unsaturated/α-hetero) is 1. The molecular weight excluding hydrogens is 116 g/mol.